The number of nitrogens with zero attached hydrogens (tertiary/aromatic N) is 2. The zero-order chi connectivity index (χ0) is 56.9. The van der Waals surface area contributed by atoms with Gasteiger partial charge in [-0.15, -0.1) is 0 Å². The van der Waals surface area contributed by atoms with Gasteiger partial charge in [-0.1, -0.05) is 261 Å². The lowest BCUT2D eigenvalue weighted by Gasteiger charge is -2.21. The predicted molar refractivity (Wildman–Crippen MR) is 357 cm³/mol. The first-order valence-corrected chi connectivity index (χ1v) is 29.1. The van der Waals surface area contributed by atoms with Gasteiger partial charge in [0.1, 0.15) is 0 Å². The van der Waals surface area contributed by atoms with E-state index in [-0.39, 0.29) is 0 Å². The summed E-state index contributed by atoms with van der Waals surface area (Å²) in [5.74, 6) is 0. The summed E-state index contributed by atoms with van der Waals surface area (Å²) in [6.45, 7) is 2.22. The Kier molecular flexibility index (Phi) is 14.3. The normalized spacial score (nSPS) is 11.1. The molecule has 0 radical (unpaired) electrons. The van der Waals surface area contributed by atoms with E-state index in [0.717, 1.165) is 117 Å². The summed E-state index contributed by atoms with van der Waals surface area (Å²) in [7, 11) is 0. The van der Waals surface area contributed by atoms with Gasteiger partial charge in [-0.25, -0.2) is 0 Å². The molecule has 0 bridgehead atoms. The van der Waals surface area contributed by atoms with Crippen molar-refractivity contribution in [1.29, 1.82) is 0 Å². The van der Waals surface area contributed by atoms with Crippen LogP contribution in [0.2, 0.25) is 0 Å². The number of aryl methyl sites for hydroxylation is 1. The van der Waals surface area contributed by atoms with Gasteiger partial charge < -0.3 is 0 Å². The van der Waals surface area contributed by atoms with Crippen LogP contribution in [0.25, 0.3) is 145 Å². The van der Waals surface area contributed by atoms with E-state index in [1.54, 1.807) is 0 Å². The molecule has 0 atom stereocenters. The molecule has 0 aliphatic rings. The van der Waals surface area contributed by atoms with Crippen molar-refractivity contribution in [2.24, 2.45) is 0 Å². The van der Waals surface area contributed by atoms with Gasteiger partial charge in [0.25, 0.3) is 0 Å². The number of pyridine rings is 2. The smallest absolute Gasteiger partial charge is 0.0702 e. The zero-order valence-electron chi connectivity index (χ0n) is 47.1. The van der Waals surface area contributed by atoms with Crippen molar-refractivity contribution in [3.05, 3.63) is 339 Å². The van der Waals surface area contributed by atoms with Crippen LogP contribution in [0.3, 0.4) is 0 Å². The van der Waals surface area contributed by atoms with E-state index < -0.39 is 0 Å². The minimum Gasteiger partial charge on any atom is -0.256 e. The molecule has 0 saturated carbocycles. The van der Waals surface area contributed by atoms with Crippen LogP contribution < -0.4 is 0 Å². The second-order valence-electron chi connectivity index (χ2n) is 21.6. The van der Waals surface area contributed by atoms with E-state index in [1.807, 2.05) is 24.5 Å². The first-order valence-electron chi connectivity index (χ1n) is 29.1. The molecule has 0 spiro atoms. The minimum absolute atomic E-state index is 0.939. The minimum atomic E-state index is 0.939. The van der Waals surface area contributed by atoms with Gasteiger partial charge in [-0.05, 0) is 196 Å². The Hall–Kier alpha value is -11.1. The summed E-state index contributed by atoms with van der Waals surface area (Å²) < 4.78 is 0. The maximum absolute atomic E-state index is 4.78. The molecule has 0 fully saturated rings. The van der Waals surface area contributed by atoms with Crippen LogP contribution in [-0.2, 0) is 0 Å². The van der Waals surface area contributed by atoms with Gasteiger partial charge in [0.15, 0.2) is 0 Å². The molecule has 2 heteroatoms. The molecule has 2 heterocycles. The maximum atomic E-state index is 4.78. The number of hydrogen-bond donors (Lipinski definition) is 0. The second kappa shape index (κ2) is 23.4. The van der Waals surface area contributed by atoms with Gasteiger partial charge in [0.05, 0.1) is 11.4 Å². The number of rotatable bonds is 13. The Balaban J connectivity index is 0.980. The van der Waals surface area contributed by atoms with E-state index in [2.05, 4.69) is 316 Å². The highest BCUT2D eigenvalue weighted by atomic mass is 14.7. The van der Waals surface area contributed by atoms with Gasteiger partial charge in [-0.2, -0.15) is 0 Å². The molecule has 12 aromatic carbocycles. The summed E-state index contributed by atoms with van der Waals surface area (Å²) in [5.41, 5.74) is 30.6. The van der Waals surface area contributed by atoms with E-state index >= 15 is 0 Å². The lowest BCUT2D eigenvalue weighted by molar-refractivity contribution is 1.33. The van der Waals surface area contributed by atoms with Gasteiger partial charge in [0.2, 0.25) is 0 Å². The Morgan fingerprint density at radius 1 is 0.165 bits per heavy atom. The molecule has 0 amide bonds. The van der Waals surface area contributed by atoms with Crippen molar-refractivity contribution in [3.63, 3.8) is 0 Å². The molecule has 0 N–H and O–H groups in total. The first kappa shape index (κ1) is 52.0. The van der Waals surface area contributed by atoms with Crippen molar-refractivity contribution < 1.29 is 0 Å². The van der Waals surface area contributed by atoms with Gasteiger partial charge in [0, 0.05) is 23.5 Å². The SMILES string of the molecule is Cc1cc(-c2ccc(-c3ccccc3-c3cc(-c4ccccc4-c4ccc(-c5ccccn5)cc4-c4ccccc4)cc(-c4ccccc4-c4ccc(-c5ccccn5)cc4-c4ccccc4)c3)c(-c3ccccc3)c2)ccc1-c1ccccc1. The fourth-order valence-electron chi connectivity index (χ4n) is 12.3. The Labute approximate surface area is 498 Å². The Morgan fingerprint density at radius 3 is 0.776 bits per heavy atom. The molecule has 0 aliphatic carbocycles. The van der Waals surface area contributed by atoms with E-state index in [1.165, 1.54) is 33.4 Å². The van der Waals surface area contributed by atoms with Crippen molar-refractivity contribution in [2.75, 3.05) is 0 Å². The van der Waals surface area contributed by atoms with Crippen molar-refractivity contribution in [2.45, 2.75) is 6.92 Å². The average molecular weight is 1080 g/mol. The van der Waals surface area contributed by atoms with Gasteiger partial charge in [-0.3, -0.25) is 9.97 Å². The fraction of sp³-hybridized carbons (Fsp3) is 0.0120. The lowest BCUT2D eigenvalue weighted by atomic mass is 9.83. The van der Waals surface area contributed by atoms with E-state index in [4.69, 9.17) is 9.97 Å². The average Bonchev–Trinajstić information content (AvgIpc) is 3.51. The second-order valence-corrected chi connectivity index (χ2v) is 21.6. The number of aromatic nitrogens is 2. The van der Waals surface area contributed by atoms with Crippen molar-refractivity contribution in [3.8, 4) is 145 Å². The predicted octanol–water partition coefficient (Wildman–Crippen LogP) is 22.5. The highest BCUT2D eigenvalue weighted by Gasteiger charge is 2.21. The Bertz CT molecular complexity index is 4480. The third-order valence-corrected chi connectivity index (χ3v) is 16.4. The van der Waals surface area contributed by atoms with Gasteiger partial charge >= 0.3 is 0 Å². The lowest BCUT2D eigenvalue weighted by Crippen LogP contribution is -1.95. The van der Waals surface area contributed by atoms with Crippen LogP contribution in [0.15, 0.2) is 334 Å². The molecule has 400 valence electrons. The molecule has 0 unspecified atom stereocenters. The summed E-state index contributed by atoms with van der Waals surface area (Å²) >= 11 is 0. The Morgan fingerprint density at radius 2 is 0.435 bits per heavy atom. The molecule has 2 nitrogen and oxygen atoms in total. The maximum Gasteiger partial charge on any atom is 0.0702 e. The summed E-state index contributed by atoms with van der Waals surface area (Å²) in [4.78, 5) is 9.56. The highest BCUT2D eigenvalue weighted by Crippen LogP contribution is 2.47. The van der Waals surface area contributed by atoms with Crippen molar-refractivity contribution in [1.82, 2.24) is 9.97 Å². The third kappa shape index (κ3) is 10.6. The standard InChI is InChI=1S/C83H58N2/c1-57-50-62(40-44-69(57)58-24-6-2-7-25-58)63-41-45-76(79(54-63)59-26-8-3-9-27-59)73-35-17-14-32-70(73)66-51-67(71-33-15-18-36-74(71)77-46-42-64(82-38-20-22-48-84-82)55-80(77)60-28-10-4-11-29-60)53-68(52-66)72-34-16-19-37-75(72)78-47-43-65(83-39-21-23-49-85-83)56-81(78)61-30-12-5-13-31-61/h2-56H,1H3. The third-order valence-electron chi connectivity index (χ3n) is 16.4. The molecule has 0 saturated heterocycles. The molecule has 2 aromatic heterocycles. The van der Waals surface area contributed by atoms with E-state index in [9.17, 15) is 0 Å². The van der Waals surface area contributed by atoms with Crippen LogP contribution in [0.1, 0.15) is 5.56 Å². The molecular formula is C83H58N2. The molecule has 85 heavy (non-hydrogen) atoms. The zero-order valence-corrected chi connectivity index (χ0v) is 47.1. The summed E-state index contributed by atoms with van der Waals surface area (Å²) in [6, 6.07) is 117. The fourth-order valence-corrected chi connectivity index (χ4v) is 12.3. The summed E-state index contributed by atoms with van der Waals surface area (Å²) in [6.07, 6.45) is 3.73. The molecule has 14 rings (SSSR count). The first-order chi connectivity index (χ1) is 42.1. The van der Waals surface area contributed by atoms with Crippen LogP contribution in [0.5, 0.6) is 0 Å². The number of benzene rings is 12. The topological polar surface area (TPSA) is 25.8 Å². The number of hydrogen-bond acceptors (Lipinski definition) is 2. The molecule has 14 aromatic rings. The molecular weight excluding hydrogens is 1020 g/mol. The largest absolute Gasteiger partial charge is 0.256 e. The van der Waals surface area contributed by atoms with Crippen LogP contribution in [-0.4, -0.2) is 9.97 Å². The molecule has 0 aliphatic heterocycles. The van der Waals surface area contributed by atoms with Crippen LogP contribution >= 0.6 is 0 Å². The van der Waals surface area contributed by atoms with E-state index in [0.29, 0.717) is 0 Å². The monoisotopic (exact) mass is 1080 g/mol. The van der Waals surface area contributed by atoms with Crippen LogP contribution in [0, 0.1) is 6.92 Å². The highest BCUT2D eigenvalue weighted by molar-refractivity contribution is 6.00. The van der Waals surface area contributed by atoms with Crippen molar-refractivity contribution >= 4 is 0 Å². The summed E-state index contributed by atoms with van der Waals surface area (Å²) in [5, 5.41) is 0. The van der Waals surface area contributed by atoms with Crippen LogP contribution in [0.4, 0.5) is 0 Å². The quantitative estimate of drug-likeness (QED) is 0.115.